The summed E-state index contributed by atoms with van der Waals surface area (Å²) in [7, 11) is 0. The van der Waals surface area contributed by atoms with Crippen LogP contribution in [-0.4, -0.2) is 11.1 Å². The number of carboxylic acids is 1. The highest BCUT2D eigenvalue weighted by Gasteiger charge is 2.14. The summed E-state index contributed by atoms with van der Waals surface area (Å²) in [6, 6.07) is 5.04. The zero-order valence-electron chi connectivity index (χ0n) is 7.54. The van der Waals surface area contributed by atoms with Crippen LogP contribution < -0.4 is 0 Å². The Hall–Kier alpha value is -1.53. The van der Waals surface area contributed by atoms with Gasteiger partial charge in [0.1, 0.15) is 0 Å². The Kier molecular flexibility index (Phi) is 3.10. The number of nitriles is 1. The number of carbonyl (C=O) groups is 1. The molecule has 0 aliphatic carbocycles. The third kappa shape index (κ3) is 1.70. The lowest BCUT2D eigenvalue weighted by Crippen LogP contribution is -2.04. The lowest BCUT2D eigenvalue weighted by atomic mass is 9.98. The number of hydrogen-bond acceptors (Lipinski definition) is 2. The molecule has 0 spiro atoms. The second-order valence-corrected chi connectivity index (χ2v) is 3.10. The molecule has 0 radical (unpaired) electrons. The van der Waals surface area contributed by atoms with Gasteiger partial charge in [-0.1, -0.05) is 6.07 Å². The number of benzene rings is 1. The highest BCUT2D eigenvalue weighted by atomic mass is 35.5. The van der Waals surface area contributed by atoms with Gasteiger partial charge in [0.25, 0.3) is 0 Å². The van der Waals surface area contributed by atoms with Gasteiger partial charge in [-0.2, -0.15) is 5.26 Å². The Morgan fingerprint density at radius 1 is 1.64 bits per heavy atom. The number of carboxylic acid groups (broad SMARTS) is 1. The molecule has 0 fully saturated rings. The molecule has 0 heterocycles. The van der Waals surface area contributed by atoms with Gasteiger partial charge in [0, 0.05) is 5.88 Å². The van der Waals surface area contributed by atoms with Gasteiger partial charge in [0.15, 0.2) is 0 Å². The maximum absolute atomic E-state index is 10.8. The SMILES string of the molecule is Cc1ccc(C(=O)O)c(CCl)c1C#N. The lowest BCUT2D eigenvalue weighted by Gasteiger charge is -2.06. The summed E-state index contributed by atoms with van der Waals surface area (Å²) in [5.41, 5.74) is 1.59. The minimum Gasteiger partial charge on any atom is -0.478 e. The fourth-order valence-corrected chi connectivity index (χ4v) is 1.54. The molecular weight excluding hydrogens is 202 g/mol. The molecule has 0 bridgehead atoms. The van der Waals surface area contributed by atoms with Gasteiger partial charge >= 0.3 is 5.97 Å². The Morgan fingerprint density at radius 2 is 2.29 bits per heavy atom. The fraction of sp³-hybridized carbons (Fsp3) is 0.200. The van der Waals surface area contributed by atoms with E-state index in [9.17, 15) is 4.79 Å². The summed E-state index contributed by atoms with van der Waals surface area (Å²) in [5, 5.41) is 17.7. The van der Waals surface area contributed by atoms with Crippen molar-refractivity contribution in [1.29, 1.82) is 5.26 Å². The van der Waals surface area contributed by atoms with Crippen molar-refractivity contribution in [2.75, 3.05) is 0 Å². The standard InChI is InChI=1S/C10H8ClNO2/c1-6-2-3-7(10(13)14)8(4-11)9(6)5-12/h2-3H,4H2,1H3,(H,13,14). The number of halogens is 1. The van der Waals surface area contributed by atoms with Crippen molar-refractivity contribution in [3.05, 3.63) is 34.4 Å². The van der Waals surface area contributed by atoms with E-state index in [1.165, 1.54) is 6.07 Å². The minimum absolute atomic E-state index is 0.0339. The molecule has 14 heavy (non-hydrogen) atoms. The van der Waals surface area contributed by atoms with Gasteiger partial charge in [-0.05, 0) is 24.1 Å². The number of aromatic carboxylic acids is 1. The fourth-order valence-electron chi connectivity index (χ4n) is 1.26. The molecule has 0 atom stereocenters. The first-order chi connectivity index (χ1) is 6.61. The summed E-state index contributed by atoms with van der Waals surface area (Å²) in [4.78, 5) is 10.8. The Bertz CT molecular complexity index is 421. The van der Waals surface area contributed by atoms with Gasteiger partial charge in [-0.15, -0.1) is 11.6 Å². The highest BCUT2D eigenvalue weighted by Crippen LogP contribution is 2.20. The Labute approximate surface area is 86.5 Å². The maximum atomic E-state index is 10.8. The van der Waals surface area contributed by atoms with Crippen molar-refractivity contribution in [3.63, 3.8) is 0 Å². The molecule has 0 aromatic heterocycles. The Balaban J connectivity index is 3.50. The van der Waals surface area contributed by atoms with Crippen molar-refractivity contribution in [2.45, 2.75) is 12.8 Å². The average molecular weight is 210 g/mol. The molecule has 1 aromatic carbocycles. The van der Waals surface area contributed by atoms with Crippen LogP contribution in [0.25, 0.3) is 0 Å². The van der Waals surface area contributed by atoms with E-state index in [0.717, 1.165) is 5.56 Å². The predicted molar refractivity (Wildman–Crippen MR) is 52.4 cm³/mol. The van der Waals surface area contributed by atoms with Crippen molar-refractivity contribution in [3.8, 4) is 6.07 Å². The number of rotatable bonds is 2. The van der Waals surface area contributed by atoms with Crippen LogP contribution in [-0.2, 0) is 5.88 Å². The van der Waals surface area contributed by atoms with Crippen LogP contribution in [0, 0.1) is 18.3 Å². The van der Waals surface area contributed by atoms with E-state index in [1.807, 2.05) is 6.07 Å². The first-order valence-corrected chi connectivity index (χ1v) is 4.47. The van der Waals surface area contributed by atoms with E-state index in [1.54, 1.807) is 13.0 Å². The molecule has 0 aliphatic rings. The monoisotopic (exact) mass is 209 g/mol. The first-order valence-electron chi connectivity index (χ1n) is 3.93. The zero-order valence-corrected chi connectivity index (χ0v) is 8.30. The predicted octanol–water partition coefficient (Wildman–Crippen LogP) is 2.30. The molecule has 0 amide bonds. The summed E-state index contributed by atoms with van der Waals surface area (Å²) in [5.74, 6) is -1.02. The molecular formula is C10H8ClNO2. The highest BCUT2D eigenvalue weighted by molar-refractivity contribution is 6.17. The smallest absolute Gasteiger partial charge is 0.336 e. The van der Waals surface area contributed by atoms with E-state index in [4.69, 9.17) is 22.0 Å². The minimum atomic E-state index is -1.06. The molecule has 0 aliphatic heterocycles. The Morgan fingerprint density at radius 3 is 2.71 bits per heavy atom. The third-order valence-corrected chi connectivity index (χ3v) is 2.26. The van der Waals surface area contributed by atoms with Crippen LogP contribution in [0.2, 0.25) is 0 Å². The average Bonchev–Trinajstić information content (AvgIpc) is 2.16. The largest absolute Gasteiger partial charge is 0.478 e. The van der Waals surface area contributed by atoms with Crippen molar-refractivity contribution < 1.29 is 9.90 Å². The van der Waals surface area contributed by atoms with Gasteiger partial charge in [-0.3, -0.25) is 0 Å². The van der Waals surface area contributed by atoms with Gasteiger partial charge in [-0.25, -0.2) is 4.79 Å². The van der Waals surface area contributed by atoms with Crippen LogP contribution in [0.15, 0.2) is 12.1 Å². The van der Waals surface area contributed by atoms with Crippen LogP contribution in [0.1, 0.15) is 27.0 Å². The molecule has 1 aromatic rings. The van der Waals surface area contributed by atoms with Crippen LogP contribution in [0.5, 0.6) is 0 Å². The maximum Gasteiger partial charge on any atom is 0.336 e. The molecule has 0 saturated carbocycles. The molecule has 1 N–H and O–H groups in total. The van der Waals surface area contributed by atoms with Crippen molar-refractivity contribution in [2.24, 2.45) is 0 Å². The summed E-state index contributed by atoms with van der Waals surface area (Å²) < 4.78 is 0. The second-order valence-electron chi connectivity index (χ2n) is 2.83. The number of nitrogens with zero attached hydrogens (tertiary/aromatic N) is 1. The van der Waals surface area contributed by atoms with E-state index >= 15 is 0 Å². The normalized spacial score (nSPS) is 9.50. The summed E-state index contributed by atoms with van der Waals surface area (Å²) in [6.07, 6.45) is 0. The van der Waals surface area contributed by atoms with E-state index in [-0.39, 0.29) is 11.4 Å². The van der Waals surface area contributed by atoms with Crippen molar-refractivity contribution in [1.82, 2.24) is 0 Å². The number of alkyl halides is 1. The van der Waals surface area contributed by atoms with E-state index < -0.39 is 5.97 Å². The summed E-state index contributed by atoms with van der Waals surface area (Å²) in [6.45, 7) is 1.75. The molecule has 1 rings (SSSR count). The summed E-state index contributed by atoms with van der Waals surface area (Å²) >= 11 is 5.62. The topological polar surface area (TPSA) is 61.1 Å². The molecule has 4 heteroatoms. The second kappa shape index (κ2) is 4.12. The number of hydrogen-bond donors (Lipinski definition) is 1. The molecule has 72 valence electrons. The van der Waals surface area contributed by atoms with Gasteiger partial charge < -0.3 is 5.11 Å². The number of aryl methyl sites for hydroxylation is 1. The van der Waals surface area contributed by atoms with Gasteiger partial charge in [0.05, 0.1) is 17.2 Å². The van der Waals surface area contributed by atoms with Crippen LogP contribution in [0.3, 0.4) is 0 Å². The molecule has 0 unspecified atom stereocenters. The van der Waals surface area contributed by atoms with E-state index in [0.29, 0.717) is 11.1 Å². The molecule has 0 saturated heterocycles. The van der Waals surface area contributed by atoms with Gasteiger partial charge in [0.2, 0.25) is 0 Å². The van der Waals surface area contributed by atoms with E-state index in [2.05, 4.69) is 0 Å². The first kappa shape index (κ1) is 10.6. The lowest BCUT2D eigenvalue weighted by molar-refractivity contribution is 0.0696. The zero-order chi connectivity index (χ0) is 10.7. The molecule has 3 nitrogen and oxygen atoms in total. The van der Waals surface area contributed by atoms with Crippen LogP contribution >= 0.6 is 11.6 Å². The third-order valence-electron chi connectivity index (χ3n) is 2.00. The quantitative estimate of drug-likeness (QED) is 0.761. The van der Waals surface area contributed by atoms with Crippen molar-refractivity contribution >= 4 is 17.6 Å². The van der Waals surface area contributed by atoms with Crippen LogP contribution in [0.4, 0.5) is 0 Å².